The molecule has 0 aromatic heterocycles. The van der Waals surface area contributed by atoms with E-state index in [1.165, 1.54) is 0 Å². The number of rotatable bonds is 6. The Balaban J connectivity index is 1.93. The van der Waals surface area contributed by atoms with E-state index in [0.717, 1.165) is 21.2 Å². The molecule has 0 radical (unpaired) electrons. The van der Waals surface area contributed by atoms with Crippen molar-refractivity contribution in [2.45, 2.75) is 26.7 Å². The summed E-state index contributed by atoms with van der Waals surface area (Å²) in [6.45, 7) is 5.90. The number of hydrogen-bond acceptors (Lipinski definition) is 3. The lowest BCUT2D eigenvalue weighted by molar-refractivity contribution is -0.123. The second kappa shape index (κ2) is 9.02. The van der Waals surface area contributed by atoms with Gasteiger partial charge in [-0.2, -0.15) is 5.10 Å². The van der Waals surface area contributed by atoms with Crippen molar-refractivity contribution in [1.29, 1.82) is 0 Å². The van der Waals surface area contributed by atoms with Gasteiger partial charge < -0.3 is 4.74 Å². The molecule has 2 aromatic rings. The van der Waals surface area contributed by atoms with Crippen LogP contribution in [0.3, 0.4) is 0 Å². The van der Waals surface area contributed by atoms with Crippen molar-refractivity contribution in [2.24, 2.45) is 5.10 Å². The van der Waals surface area contributed by atoms with E-state index in [1.54, 1.807) is 6.21 Å². The van der Waals surface area contributed by atoms with Gasteiger partial charge in [-0.1, -0.05) is 53.5 Å². The molecule has 0 saturated heterocycles. The number of aryl methyl sites for hydroxylation is 1. The first-order valence-electron chi connectivity index (χ1n) is 7.87. The summed E-state index contributed by atoms with van der Waals surface area (Å²) in [5, 5.41) is 4.63. The van der Waals surface area contributed by atoms with Crippen LogP contribution in [0, 0.1) is 6.92 Å². The molecule has 0 unspecified atom stereocenters. The third kappa shape index (κ3) is 5.87. The average Bonchev–Trinajstić information content (AvgIpc) is 2.57. The third-order valence-corrected chi connectivity index (χ3v) is 4.48. The van der Waals surface area contributed by atoms with E-state index in [1.807, 2.05) is 43.3 Å². The van der Waals surface area contributed by atoms with Crippen LogP contribution in [0.25, 0.3) is 0 Å². The second-order valence-electron chi connectivity index (χ2n) is 5.93. The highest BCUT2D eigenvalue weighted by Gasteiger charge is 2.12. The molecule has 0 heterocycles. The van der Waals surface area contributed by atoms with Crippen molar-refractivity contribution in [3.05, 3.63) is 62.6 Å². The van der Waals surface area contributed by atoms with Crippen LogP contribution in [0.2, 0.25) is 5.02 Å². The monoisotopic (exact) mass is 422 g/mol. The lowest BCUT2D eigenvalue weighted by Gasteiger charge is -2.15. The number of nitrogens with zero attached hydrogens (tertiary/aromatic N) is 1. The molecule has 0 atom stereocenters. The first kappa shape index (κ1) is 19.5. The van der Waals surface area contributed by atoms with Gasteiger partial charge in [0.15, 0.2) is 6.61 Å². The standard InChI is InChI=1S/C19H20BrClN2O2/c1-12(2)16-9-17(21)13(3)8-18(16)25-11-19(24)23-22-10-14-4-6-15(20)7-5-14/h4-10,12H,11H2,1-3H3,(H,23,24). The molecule has 0 aliphatic heterocycles. The molecule has 4 nitrogen and oxygen atoms in total. The molecule has 6 heteroatoms. The quantitative estimate of drug-likeness (QED) is 0.521. The maximum Gasteiger partial charge on any atom is 0.277 e. The summed E-state index contributed by atoms with van der Waals surface area (Å²) in [4.78, 5) is 11.9. The Hall–Kier alpha value is -1.85. The topological polar surface area (TPSA) is 50.7 Å². The summed E-state index contributed by atoms with van der Waals surface area (Å²) >= 11 is 9.54. The summed E-state index contributed by atoms with van der Waals surface area (Å²) in [6, 6.07) is 11.3. The number of carbonyl (C=O) groups is 1. The molecule has 0 aliphatic rings. The molecular weight excluding hydrogens is 404 g/mol. The van der Waals surface area contributed by atoms with Crippen molar-refractivity contribution in [1.82, 2.24) is 5.43 Å². The number of benzene rings is 2. The summed E-state index contributed by atoms with van der Waals surface area (Å²) in [5.74, 6) is 0.589. The number of nitrogens with one attached hydrogen (secondary N) is 1. The first-order chi connectivity index (χ1) is 11.9. The Morgan fingerprint density at radius 2 is 2.00 bits per heavy atom. The molecule has 132 valence electrons. The van der Waals surface area contributed by atoms with Crippen LogP contribution in [-0.4, -0.2) is 18.7 Å². The zero-order chi connectivity index (χ0) is 18.4. The minimum atomic E-state index is -0.323. The number of carbonyl (C=O) groups excluding carboxylic acids is 1. The van der Waals surface area contributed by atoms with Crippen LogP contribution in [0.15, 0.2) is 46.0 Å². The number of hydrogen-bond donors (Lipinski definition) is 1. The van der Waals surface area contributed by atoms with Gasteiger partial charge in [0.25, 0.3) is 5.91 Å². The minimum Gasteiger partial charge on any atom is -0.483 e. The van der Waals surface area contributed by atoms with Crippen LogP contribution < -0.4 is 10.2 Å². The number of halogens is 2. The van der Waals surface area contributed by atoms with E-state index >= 15 is 0 Å². The summed E-state index contributed by atoms with van der Waals surface area (Å²) in [7, 11) is 0. The zero-order valence-corrected chi connectivity index (χ0v) is 16.7. The Bertz CT molecular complexity index is 774. The van der Waals surface area contributed by atoms with Crippen molar-refractivity contribution in [2.75, 3.05) is 6.61 Å². The van der Waals surface area contributed by atoms with Crippen LogP contribution in [0.5, 0.6) is 5.75 Å². The lowest BCUT2D eigenvalue weighted by atomic mass is 10.0. The van der Waals surface area contributed by atoms with E-state index in [9.17, 15) is 4.79 Å². The molecule has 1 amide bonds. The highest BCUT2D eigenvalue weighted by atomic mass is 79.9. The van der Waals surface area contributed by atoms with E-state index < -0.39 is 0 Å². The van der Waals surface area contributed by atoms with Crippen molar-refractivity contribution in [3.63, 3.8) is 0 Å². The van der Waals surface area contributed by atoms with Gasteiger partial charge >= 0.3 is 0 Å². The highest BCUT2D eigenvalue weighted by Crippen LogP contribution is 2.31. The van der Waals surface area contributed by atoms with Gasteiger partial charge in [0.2, 0.25) is 0 Å². The Morgan fingerprint density at radius 1 is 1.32 bits per heavy atom. The molecule has 0 bridgehead atoms. The number of ether oxygens (including phenoxy) is 1. The van der Waals surface area contributed by atoms with Gasteiger partial charge in [-0.05, 0) is 53.8 Å². The van der Waals surface area contributed by atoms with E-state index in [4.69, 9.17) is 16.3 Å². The average molecular weight is 424 g/mol. The number of amides is 1. The maximum atomic E-state index is 11.9. The predicted molar refractivity (Wildman–Crippen MR) is 106 cm³/mol. The van der Waals surface area contributed by atoms with E-state index in [-0.39, 0.29) is 18.4 Å². The zero-order valence-electron chi connectivity index (χ0n) is 14.3. The molecular formula is C19H20BrClN2O2. The van der Waals surface area contributed by atoms with Gasteiger partial charge in [0.1, 0.15) is 5.75 Å². The minimum absolute atomic E-state index is 0.113. The fourth-order valence-corrected chi connectivity index (χ4v) is 2.59. The van der Waals surface area contributed by atoms with Crippen LogP contribution in [-0.2, 0) is 4.79 Å². The molecule has 2 rings (SSSR count). The fraction of sp³-hybridized carbons (Fsp3) is 0.263. The Kier molecular flexibility index (Phi) is 7.02. The Morgan fingerprint density at radius 3 is 2.64 bits per heavy atom. The van der Waals surface area contributed by atoms with E-state index in [0.29, 0.717) is 10.8 Å². The molecule has 0 fully saturated rings. The SMILES string of the molecule is Cc1cc(OCC(=O)NN=Cc2ccc(Br)cc2)c(C(C)C)cc1Cl. The normalized spacial score (nSPS) is 11.1. The second-order valence-corrected chi connectivity index (χ2v) is 7.25. The van der Waals surface area contributed by atoms with Crippen molar-refractivity contribution in [3.8, 4) is 5.75 Å². The molecule has 25 heavy (non-hydrogen) atoms. The molecule has 0 aliphatic carbocycles. The lowest BCUT2D eigenvalue weighted by Crippen LogP contribution is -2.25. The van der Waals surface area contributed by atoms with Gasteiger partial charge in [0.05, 0.1) is 6.21 Å². The van der Waals surface area contributed by atoms with Crippen molar-refractivity contribution < 1.29 is 9.53 Å². The largest absolute Gasteiger partial charge is 0.483 e. The predicted octanol–water partition coefficient (Wildman–Crippen LogP) is 5.06. The van der Waals surface area contributed by atoms with E-state index in [2.05, 4.69) is 40.3 Å². The maximum absolute atomic E-state index is 11.9. The van der Waals surface area contributed by atoms with Crippen LogP contribution in [0.1, 0.15) is 36.5 Å². The summed E-state index contributed by atoms with van der Waals surface area (Å²) in [6.07, 6.45) is 1.58. The van der Waals surface area contributed by atoms with Gasteiger partial charge in [-0.25, -0.2) is 5.43 Å². The summed E-state index contributed by atoms with van der Waals surface area (Å²) < 4.78 is 6.65. The molecule has 0 saturated carbocycles. The van der Waals surface area contributed by atoms with Crippen LogP contribution >= 0.6 is 27.5 Å². The van der Waals surface area contributed by atoms with Gasteiger partial charge in [-0.15, -0.1) is 0 Å². The van der Waals surface area contributed by atoms with Crippen molar-refractivity contribution >= 4 is 39.7 Å². The van der Waals surface area contributed by atoms with Crippen LogP contribution in [0.4, 0.5) is 0 Å². The molecule has 0 spiro atoms. The fourth-order valence-electron chi connectivity index (χ4n) is 2.15. The highest BCUT2D eigenvalue weighted by molar-refractivity contribution is 9.10. The first-order valence-corrected chi connectivity index (χ1v) is 9.04. The molecule has 1 N–H and O–H groups in total. The smallest absolute Gasteiger partial charge is 0.277 e. The summed E-state index contributed by atoms with van der Waals surface area (Å²) in [5.41, 5.74) is 5.23. The van der Waals surface area contributed by atoms with Gasteiger partial charge in [0, 0.05) is 9.50 Å². The third-order valence-electron chi connectivity index (χ3n) is 3.54. The molecule has 2 aromatic carbocycles. The van der Waals surface area contributed by atoms with Gasteiger partial charge in [-0.3, -0.25) is 4.79 Å². The number of hydrazone groups is 1. The Labute approximate surface area is 161 Å².